The van der Waals surface area contributed by atoms with E-state index in [4.69, 9.17) is 4.74 Å². The van der Waals surface area contributed by atoms with Crippen LogP contribution in [0.25, 0.3) is 0 Å². The molecule has 28 heavy (non-hydrogen) atoms. The Hall–Kier alpha value is -0.570. The molecule has 0 radical (unpaired) electrons. The van der Waals surface area contributed by atoms with Crippen LogP contribution in [0.1, 0.15) is 39.5 Å². The predicted molar refractivity (Wildman–Crippen MR) is 109 cm³/mol. The molecule has 7 heteroatoms. The van der Waals surface area contributed by atoms with Crippen molar-refractivity contribution in [1.82, 2.24) is 26.6 Å². The zero-order valence-corrected chi connectivity index (χ0v) is 17.5. The van der Waals surface area contributed by atoms with Gasteiger partial charge in [-0.05, 0) is 58.0 Å². The minimum atomic E-state index is -0.926. The molecule has 4 rings (SSSR count). The summed E-state index contributed by atoms with van der Waals surface area (Å²) in [4.78, 5) is 0. The van der Waals surface area contributed by atoms with Gasteiger partial charge < -0.3 is 15.4 Å². The van der Waals surface area contributed by atoms with Crippen LogP contribution in [-0.4, -0.2) is 63.6 Å². The lowest BCUT2D eigenvalue weighted by Gasteiger charge is -2.45. The van der Waals surface area contributed by atoms with Crippen molar-refractivity contribution in [3.63, 3.8) is 0 Å². The summed E-state index contributed by atoms with van der Waals surface area (Å²) in [5, 5.41) is 17.4. The molecule has 4 aliphatic rings. The monoisotopic (exact) mass is 395 g/mol. The number of ether oxygens (including phenoxy) is 1. The maximum absolute atomic E-state index is 16.0. The van der Waals surface area contributed by atoms with Crippen molar-refractivity contribution in [3.05, 3.63) is 11.6 Å². The molecule has 0 bridgehead atoms. The smallest absolute Gasteiger partial charge is 0.124 e. The second-order valence-corrected chi connectivity index (χ2v) is 9.25. The van der Waals surface area contributed by atoms with E-state index in [1.54, 1.807) is 0 Å². The molecule has 0 aromatic carbocycles. The third-order valence-electron chi connectivity index (χ3n) is 7.21. The van der Waals surface area contributed by atoms with Gasteiger partial charge in [-0.3, -0.25) is 16.0 Å². The third kappa shape index (κ3) is 4.30. The van der Waals surface area contributed by atoms with E-state index >= 15 is 4.39 Å². The van der Waals surface area contributed by atoms with Crippen LogP contribution >= 0.6 is 0 Å². The van der Waals surface area contributed by atoms with Crippen LogP contribution in [0.5, 0.6) is 0 Å². The minimum Gasteiger partial charge on any atom is -0.377 e. The molecule has 0 spiro atoms. The van der Waals surface area contributed by atoms with Crippen molar-refractivity contribution in [2.24, 2.45) is 17.8 Å². The Balaban J connectivity index is 1.51. The Morgan fingerprint density at radius 2 is 2.07 bits per heavy atom. The van der Waals surface area contributed by atoms with Crippen molar-refractivity contribution >= 4 is 0 Å². The Kier molecular flexibility index (Phi) is 6.70. The first-order valence-electron chi connectivity index (χ1n) is 11.2. The number of hydrogen-bond donors (Lipinski definition) is 5. The number of halogens is 1. The van der Waals surface area contributed by atoms with Crippen LogP contribution < -0.4 is 26.6 Å². The first-order valence-corrected chi connectivity index (χ1v) is 11.2. The Labute approximate surface area is 168 Å². The zero-order chi connectivity index (χ0) is 19.7. The van der Waals surface area contributed by atoms with Crippen molar-refractivity contribution < 1.29 is 9.13 Å². The average Bonchev–Trinajstić information content (AvgIpc) is 2.88. The summed E-state index contributed by atoms with van der Waals surface area (Å²) in [7, 11) is 1.97. The third-order valence-corrected chi connectivity index (χ3v) is 7.21. The second kappa shape index (κ2) is 9.06. The minimum absolute atomic E-state index is 0.0312. The van der Waals surface area contributed by atoms with Gasteiger partial charge >= 0.3 is 0 Å². The fraction of sp³-hybridized carbons (Fsp3) is 0.905. The van der Waals surface area contributed by atoms with E-state index in [0.29, 0.717) is 17.9 Å². The standard InChI is InChI=1S/C21H38FN5O/c1-12-11-28-20-15(12)10-16(26-21-25-13(2)9-17(23-3)27-21)19(22)18(20)14-5-4-7-24-8-6-14/h6,12-13,15-21,23-27H,4-5,7-11H2,1-3H3/t12-,13?,15?,16?,17?,18?,19?,20?,21?/m0/s1. The van der Waals surface area contributed by atoms with Crippen LogP contribution in [0.4, 0.5) is 4.39 Å². The molecule has 5 N–H and O–H groups in total. The molecule has 3 fully saturated rings. The van der Waals surface area contributed by atoms with Crippen LogP contribution in [0.2, 0.25) is 0 Å². The highest BCUT2D eigenvalue weighted by atomic mass is 19.1. The first kappa shape index (κ1) is 20.7. The largest absolute Gasteiger partial charge is 0.377 e. The predicted octanol–water partition coefficient (Wildman–Crippen LogP) is 1.06. The molecule has 2 saturated heterocycles. The number of rotatable bonds is 4. The maximum atomic E-state index is 16.0. The molecule has 0 aromatic rings. The highest BCUT2D eigenvalue weighted by molar-refractivity contribution is 5.19. The lowest BCUT2D eigenvalue weighted by Crippen LogP contribution is -2.69. The van der Waals surface area contributed by atoms with Crippen molar-refractivity contribution in [1.29, 1.82) is 0 Å². The maximum Gasteiger partial charge on any atom is 0.124 e. The van der Waals surface area contributed by atoms with Gasteiger partial charge in [0.2, 0.25) is 0 Å². The Morgan fingerprint density at radius 1 is 1.21 bits per heavy atom. The SMILES string of the molecule is CNC1CC(C)NC(NC2CC3C(OC[C@@H]3C)C(C3=CCNCCC3)C2F)N1. The van der Waals surface area contributed by atoms with Crippen LogP contribution in [0.3, 0.4) is 0 Å². The van der Waals surface area contributed by atoms with Crippen molar-refractivity contribution in [3.8, 4) is 0 Å². The van der Waals surface area contributed by atoms with E-state index in [2.05, 4.69) is 46.5 Å². The summed E-state index contributed by atoms with van der Waals surface area (Å²) in [5.74, 6) is 0.792. The fourth-order valence-electron chi connectivity index (χ4n) is 5.66. The lowest BCUT2D eigenvalue weighted by molar-refractivity contribution is -0.0269. The molecular weight excluding hydrogens is 357 g/mol. The summed E-state index contributed by atoms with van der Waals surface area (Å²) in [6.45, 7) is 7.06. The molecule has 8 unspecified atom stereocenters. The summed E-state index contributed by atoms with van der Waals surface area (Å²) >= 11 is 0. The van der Waals surface area contributed by atoms with Crippen LogP contribution in [-0.2, 0) is 4.74 Å². The lowest BCUT2D eigenvalue weighted by atomic mass is 9.68. The van der Waals surface area contributed by atoms with E-state index in [-0.39, 0.29) is 30.5 Å². The van der Waals surface area contributed by atoms with Crippen molar-refractivity contribution in [2.75, 3.05) is 26.7 Å². The molecule has 0 amide bonds. The second-order valence-electron chi connectivity index (χ2n) is 9.25. The summed E-state index contributed by atoms with van der Waals surface area (Å²) in [6, 6.07) is 0.214. The van der Waals surface area contributed by atoms with Crippen LogP contribution in [0, 0.1) is 17.8 Å². The van der Waals surface area contributed by atoms with Gasteiger partial charge in [-0.15, -0.1) is 0 Å². The number of fused-ring (bicyclic) bond motifs is 1. The molecule has 6 nitrogen and oxygen atoms in total. The Bertz CT molecular complexity index is 561. The summed E-state index contributed by atoms with van der Waals surface area (Å²) in [5.41, 5.74) is 1.26. The topological polar surface area (TPSA) is 69.4 Å². The molecule has 1 saturated carbocycles. The molecule has 3 heterocycles. The average molecular weight is 396 g/mol. The molecule has 1 aliphatic carbocycles. The zero-order valence-electron chi connectivity index (χ0n) is 17.5. The Morgan fingerprint density at radius 3 is 2.89 bits per heavy atom. The van der Waals surface area contributed by atoms with E-state index in [1.165, 1.54) is 5.57 Å². The van der Waals surface area contributed by atoms with E-state index in [1.807, 2.05) is 7.05 Å². The number of alkyl halides is 1. The summed E-state index contributed by atoms with van der Waals surface area (Å²) < 4.78 is 22.1. The van der Waals surface area contributed by atoms with Gasteiger partial charge in [0.05, 0.1) is 12.3 Å². The van der Waals surface area contributed by atoms with Gasteiger partial charge in [0.1, 0.15) is 12.5 Å². The number of hydrogen-bond acceptors (Lipinski definition) is 6. The van der Waals surface area contributed by atoms with Gasteiger partial charge in [0.15, 0.2) is 0 Å². The van der Waals surface area contributed by atoms with Gasteiger partial charge in [0.25, 0.3) is 0 Å². The molecule has 160 valence electrons. The molecule has 0 aromatic heterocycles. The van der Waals surface area contributed by atoms with Crippen molar-refractivity contribution in [2.45, 2.75) is 76.3 Å². The highest BCUT2D eigenvalue weighted by Gasteiger charge is 2.51. The first-order chi connectivity index (χ1) is 13.6. The van der Waals surface area contributed by atoms with E-state index < -0.39 is 6.17 Å². The number of nitrogens with one attached hydrogen (secondary N) is 5. The normalized spacial score (nSPS) is 47.3. The van der Waals surface area contributed by atoms with Crippen LogP contribution in [0.15, 0.2) is 11.6 Å². The van der Waals surface area contributed by atoms with Gasteiger partial charge in [0, 0.05) is 31.2 Å². The molecule has 9 atom stereocenters. The van der Waals surface area contributed by atoms with Gasteiger partial charge in [-0.1, -0.05) is 18.6 Å². The van der Waals surface area contributed by atoms with Gasteiger partial charge in [-0.2, -0.15) is 0 Å². The van der Waals surface area contributed by atoms with E-state index in [0.717, 1.165) is 45.4 Å². The quantitative estimate of drug-likeness (QED) is 0.459. The highest BCUT2D eigenvalue weighted by Crippen LogP contribution is 2.46. The fourth-order valence-corrected chi connectivity index (χ4v) is 5.66. The molecular formula is C21H38FN5O. The summed E-state index contributed by atoms with van der Waals surface area (Å²) in [6.07, 6.45) is 5.40. The van der Waals surface area contributed by atoms with E-state index in [9.17, 15) is 0 Å². The molecule has 3 aliphatic heterocycles. The van der Waals surface area contributed by atoms with Gasteiger partial charge in [-0.25, -0.2) is 4.39 Å².